The summed E-state index contributed by atoms with van der Waals surface area (Å²) < 4.78 is 26.9. The zero-order valence-electron chi connectivity index (χ0n) is 10.8. The van der Waals surface area contributed by atoms with Crippen molar-refractivity contribution >= 4 is 21.8 Å². The van der Waals surface area contributed by atoms with Gasteiger partial charge in [0, 0.05) is 19.8 Å². The third-order valence-corrected chi connectivity index (χ3v) is 3.88. The maximum Gasteiger partial charge on any atom is 0.317 e. The number of rotatable bonds is 5. The molecule has 8 nitrogen and oxygen atoms in total. The van der Waals surface area contributed by atoms with Crippen molar-refractivity contribution in [2.75, 3.05) is 38.8 Å². The summed E-state index contributed by atoms with van der Waals surface area (Å²) in [4.78, 5) is 24.0. The molecule has 2 atom stereocenters. The average Bonchev–Trinajstić information content (AvgIpc) is 2.74. The topological polar surface area (TPSA) is 113 Å². The van der Waals surface area contributed by atoms with Crippen molar-refractivity contribution in [3.63, 3.8) is 0 Å². The number of carboxylic acids is 1. The third-order valence-electron chi connectivity index (χ3n) is 2.93. The van der Waals surface area contributed by atoms with Crippen molar-refractivity contribution in [1.82, 2.24) is 10.2 Å². The fraction of sp³-hybridized carbons (Fsp3) is 0.800. The van der Waals surface area contributed by atoms with E-state index in [1.54, 1.807) is 0 Å². The van der Waals surface area contributed by atoms with Gasteiger partial charge in [-0.3, -0.25) is 4.79 Å². The predicted molar refractivity (Wildman–Crippen MR) is 66.6 cm³/mol. The Kier molecular flexibility index (Phi) is 5.12. The van der Waals surface area contributed by atoms with Gasteiger partial charge in [-0.15, -0.1) is 0 Å². The van der Waals surface area contributed by atoms with Crippen molar-refractivity contribution in [2.24, 2.45) is 5.92 Å². The highest BCUT2D eigenvalue weighted by atomic mass is 32.2. The Bertz CT molecular complexity index is 449. The van der Waals surface area contributed by atoms with Gasteiger partial charge in [-0.2, -0.15) is 0 Å². The minimum Gasteiger partial charge on any atom is -0.481 e. The highest BCUT2D eigenvalue weighted by Gasteiger charge is 2.38. The van der Waals surface area contributed by atoms with Crippen LogP contribution in [0.2, 0.25) is 0 Å². The summed E-state index contributed by atoms with van der Waals surface area (Å²) in [6.45, 7) is 0.223. The van der Waals surface area contributed by atoms with Gasteiger partial charge < -0.3 is 20.1 Å². The lowest BCUT2D eigenvalue weighted by atomic mass is 10.0. The Labute approximate surface area is 111 Å². The molecule has 0 aromatic carbocycles. The van der Waals surface area contributed by atoms with E-state index in [1.807, 2.05) is 0 Å². The number of urea groups is 1. The number of hydrogen-bond acceptors (Lipinski definition) is 5. The molecule has 0 aromatic heterocycles. The molecule has 0 radical (unpaired) electrons. The summed E-state index contributed by atoms with van der Waals surface area (Å²) >= 11 is 0. The standard InChI is InChI=1S/C10H18N2O6S/c1-12(8-6-18-5-7(8)9(13)14)10(15)11-3-4-19(2,16)17/h7-8H,3-6H2,1-2H3,(H,11,15)(H,13,14). The Morgan fingerprint density at radius 1 is 1.42 bits per heavy atom. The van der Waals surface area contributed by atoms with Crippen LogP contribution in [0.4, 0.5) is 4.79 Å². The molecule has 1 heterocycles. The van der Waals surface area contributed by atoms with Gasteiger partial charge in [-0.25, -0.2) is 13.2 Å². The average molecular weight is 294 g/mol. The summed E-state index contributed by atoms with van der Waals surface area (Å²) in [6.07, 6.45) is 1.08. The second kappa shape index (κ2) is 6.20. The van der Waals surface area contributed by atoms with Crippen molar-refractivity contribution in [1.29, 1.82) is 0 Å². The third kappa shape index (κ3) is 4.67. The van der Waals surface area contributed by atoms with Crippen LogP contribution in [0.5, 0.6) is 0 Å². The van der Waals surface area contributed by atoms with Gasteiger partial charge in [0.2, 0.25) is 0 Å². The summed E-state index contributed by atoms with van der Waals surface area (Å²) in [5.74, 6) is -1.93. The van der Waals surface area contributed by atoms with Crippen molar-refractivity contribution in [2.45, 2.75) is 6.04 Å². The summed E-state index contributed by atoms with van der Waals surface area (Å²) in [6, 6.07) is -1.05. The number of nitrogens with one attached hydrogen (secondary N) is 1. The van der Waals surface area contributed by atoms with E-state index in [9.17, 15) is 18.0 Å². The minimum absolute atomic E-state index is 0.00663. The van der Waals surface area contributed by atoms with Crippen LogP contribution in [0.3, 0.4) is 0 Å². The molecular formula is C10H18N2O6S. The molecule has 1 fully saturated rings. The second-order valence-corrected chi connectivity index (χ2v) is 6.78. The van der Waals surface area contributed by atoms with E-state index >= 15 is 0 Å². The molecule has 2 unspecified atom stereocenters. The molecule has 1 aliphatic heterocycles. The second-order valence-electron chi connectivity index (χ2n) is 4.52. The van der Waals surface area contributed by atoms with Gasteiger partial charge in [0.05, 0.1) is 25.0 Å². The molecule has 2 N–H and O–H groups in total. The molecule has 1 rings (SSSR count). The highest BCUT2D eigenvalue weighted by Crippen LogP contribution is 2.18. The Morgan fingerprint density at radius 2 is 2.05 bits per heavy atom. The number of carbonyl (C=O) groups excluding carboxylic acids is 1. The Hall–Kier alpha value is -1.35. The van der Waals surface area contributed by atoms with E-state index < -0.39 is 33.8 Å². The van der Waals surface area contributed by atoms with Gasteiger partial charge >= 0.3 is 12.0 Å². The summed E-state index contributed by atoms with van der Waals surface area (Å²) in [7, 11) is -1.68. The first-order chi connectivity index (χ1) is 8.72. The van der Waals surface area contributed by atoms with Gasteiger partial charge in [0.25, 0.3) is 0 Å². The van der Waals surface area contributed by atoms with E-state index in [2.05, 4.69) is 5.32 Å². The number of amides is 2. The fourth-order valence-corrected chi connectivity index (χ4v) is 2.25. The highest BCUT2D eigenvalue weighted by molar-refractivity contribution is 7.90. The van der Waals surface area contributed by atoms with E-state index in [4.69, 9.17) is 9.84 Å². The smallest absolute Gasteiger partial charge is 0.317 e. The SMILES string of the molecule is CN(C(=O)NCCS(C)(=O)=O)C1COCC1C(=O)O. The molecule has 19 heavy (non-hydrogen) atoms. The molecule has 1 saturated heterocycles. The predicted octanol–water partition coefficient (Wildman–Crippen LogP) is -1.23. The van der Waals surface area contributed by atoms with Gasteiger partial charge in [0.1, 0.15) is 15.8 Å². The number of carboxylic acid groups (broad SMARTS) is 1. The van der Waals surface area contributed by atoms with Gasteiger partial charge in [-0.05, 0) is 0 Å². The number of aliphatic carboxylic acids is 1. The quantitative estimate of drug-likeness (QED) is 0.656. The lowest BCUT2D eigenvalue weighted by molar-refractivity contribution is -0.142. The number of hydrogen-bond donors (Lipinski definition) is 2. The van der Waals surface area contributed by atoms with Crippen LogP contribution in [0.25, 0.3) is 0 Å². The summed E-state index contributed by atoms with van der Waals surface area (Å²) in [5, 5.41) is 11.4. The molecular weight excluding hydrogens is 276 g/mol. The van der Waals surface area contributed by atoms with Crippen LogP contribution in [0, 0.1) is 5.92 Å². The maximum atomic E-state index is 11.8. The zero-order valence-corrected chi connectivity index (χ0v) is 11.6. The van der Waals surface area contributed by atoms with Crippen LogP contribution in [-0.4, -0.2) is 75.3 Å². The van der Waals surface area contributed by atoms with Crippen LogP contribution >= 0.6 is 0 Å². The van der Waals surface area contributed by atoms with E-state index in [-0.39, 0.29) is 25.5 Å². The number of ether oxygens (including phenoxy) is 1. The first-order valence-corrected chi connectivity index (χ1v) is 7.77. The molecule has 0 aliphatic carbocycles. The molecule has 2 amide bonds. The Morgan fingerprint density at radius 3 is 2.58 bits per heavy atom. The normalized spacial score (nSPS) is 23.1. The molecule has 0 saturated carbocycles. The number of sulfone groups is 1. The van der Waals surface area contributed by atoms with E-state index in [0.717, 1.165) is 6.26 Å². The van der Waals surface area contributed by atoms with Crippen LogP contribution in [-0.2, 0) is 19.4 Å². The Balaban J connectivity index is 2.50. The molecule has 110 valence electrons. The lowest BCUT2D eigenvalue weighted by Crippen LogP contribution is -2.49. The number of carbonyl (C=O) groups is 2. The van der Waals surface area contributed by atoms with Gasteiger partial charge in [0.15, 0.2) is 0 Å². The first kappa shape index (κ1) is 15.7. The van der Waals surface area contributed by atoms with Crippen molar-refractivity contribution in [3.05, 3.63) is 0 Å². The molecule has 0 spiro atoms. The number of nitrogens with zero attached hydrogens (tertiary/aromatic N) is 1. The minimum atomic E-state index is -3.14. The molecule has 1 aliphatic rings. The zero-order chi connectivity index (χ0) is 14.6. The molecule has 9 heteroatoms. The van der Waals surface area contributed by atoms with Crippen LogP contribution in [0.1, 0.15) is 0 Å². The van der Waals surface area contributed by atoms with Crippen molar-refractivity contribution < 1.29 is 27.9 Å². The number of likely N-dealkylation sites (N-methyl/N-ethyl adjacent to an activating group) is 1. The molecule has 0 bridgehead atoms. The monoisotopic (exact) mass is 294 g/mol. The maximum absolute atomic E-state index is 11.8. The molecule has 0 aromatic rings. The first-order valence-electron chi connectivity index (χ1n) is 5.71. The van der Waals surface area contributed by atoms with Crippen molar-refractivity contribution in [3.8, 4) is 0 Å². The van der Waals surface area contributed by atoms with Crippen LogP contribution in [0.15, 0.2) is 0 Å². The summed E-state index contributed by atoms with van der Waals surface area (Å²) in [5.41, 5.74) is 0. The van der Waals surface area contributed by atoms with Crippen LogP contribution < -0.4 is 5.32 Å². The lowest BCUT2D eigenvalue weighted by Gasteiger charge is -2.26. The fourth-order valence-electron chi connectivity index (χ4n) is 1.78. The van der Waals surface area contributed by atoms with Gasteiger partial charge in [-0.1, -0.05) is 0 Å². The van der Waals surface area contributed by atoms with E-state index in [0.29, 0.717) is 0 Å². The largest absolute Gasteiger partial charge is 0.481 e. The van der Waals surface area contributed by atoms with E-state index in [1.165, 1.54) is 11.9 Å².